The third-order valence-corrected chi connectivity index (χ3v) is 10.8. The Kier molecular flexibility index (Phi) is 10.1. The molecule has 3 aromatic carbocycles. The van der Waals surface area contributed by atoms with Crippen LogP contribution in [-0.4, -0.2) is 81.1 Å². The van der Waals surface area contributed by atoms with Crippen molar-refractivity contribution >= 4 is 40.3 Å². The maximum Gasteiger partial charge on any atom is 0.337 e. The number of amides is 2. The minimum Gasteiger partial charge on any atom is -0.479 e. The molecule has 2 aliphatic carbocycles. The zero-order valence-corrected chi connectivity index (χ0v) is 29.6. The molecular weight excluding hydrogens is 674 g/mol. The SMILES string of the molecule is C=C[C@H]1CC1(NC(=O)[C@@H]1C[C@@H](Oc2nc(-c3ccccc3)nc3ccccc23)CN1C(=O)[C@@H](Nc1ccc(C(=O)OC)cc1)C1CCCCC1)C(=O)O. The molecule has 0 bridgehead atoms. The molecule has 2 saturated carbocycles. The molecule has 12 heteroatoms. The highest BCUT2D eigenvalue weighted by Crippen LogP contribution is 2.45. The number of fused-ring (bicyclic) bond motifs is 1. The Balaban J connectivity index is 1.21. The molecule has 3 aliphatic rings. The maximum atomic E-state index is 14.9. The van der Waals surface area contributed by atoms with Gasteiger partial charge in [0.2, 0.25) is 17.7 Å². The summed E-state index contributed by atoms with van der Waals surface area (Å²) in [6.07, 6.45) is 5.92. The molecule has 1 aliphatic heterocycles. The Bertz CT molecular complexity index is 2020. The summed E-state index contributed by atoms with van der Waals surface area (Å²) >= 11 is 0. The zero-order valence-electron chi connectivity index (χ0n) is 29.6. The Morgan fingerprint density at radius 3 is 2.36 bits per heavy atom. The summed E-state index contributed by atoms with van der Waals surface area (Å²) in [5.41, 5.74) is 1.05. The number of likely N-dealkylation sites (tertiary alicyclic amines) is 1. The summed E-state index contributed by atoms with van der Waals surface area (Å²) in [6, 6.07) is 22.1. The molecule has 3 N–H and O–H groups in total. The Hall–Kier alpha value is -5.78. The average molecular weight is 718 g/mol. The highest BCUT2D eigenvalue weighted by molar-refractivity contribution is 5.96. The number of carboxylic acid groups (broad SMARTS) is 1. The summed E-state index contributed by atoms with van der Waals surface area (Å²) in [5, 5.41) is 17.0. The van der Waals surface area contributed by atoms with Crippen LogP contribution < -0.4 is 15.4 Å². The van der Waals surface area contributed by atoms with Gasteiger partial charge in [-0.1, -0.05) is 67.8 Å². The van der Waals surface area contributed by atoms with E-state index >= 15 is 0 Å². The molecular formula is C41H43N5O7. The van der Waals surface area contributed by atoms with Gasteiger partial charge in [0, 0.05) is 23.6 Å². The number of esters is 1. The lowest BCUT2D eigenvalue weighted by Crippen LogP contribution is -2.56. The molecule has 3 fully saturated rings. The number of methoxy groups -OCH3 is 1. The summed E-state index contributed by atoms with van der Waals surface area (Å²) in [6.45, 7) is 3.83. The zero-order chi connectivity index (χ0) is 37.1. The van der Waals surface area contributed by atoms with Crippen molar-refractivity contribution in [3.05, 3.63) is 97.1 Å². The summed E-state index contributed by atoms with van der Waals surface area (Å²) in [5.74, 6) is -2.07. The first-order valence-corrected chi connectivity index (χ1v) is 18.1. The predicted molar refractivity (Wildman–Crippen MR) is 198 cm³/mol. The van der Waals surface area contributed by atoms with E-state index < -0.39 is 47.5 Å². The van der Waals surface area contributed by atoms with Crippen LogP contribution in [0, 0.1) is 11.8 Å². The van der Waals surface area contributed by atoms with Crippen LogP contribution in [0.4, 0.5) is 5.69 Å². The van der Waals surface area contributed by atoms with Gasteiger partial charge in [0.25, 0.3) is 0 Å². The highest BCUT2D eigenvalue weighted by atomic mass is 16.5. The number of benzene rings is 3. The first kappa shape index (κ1) is 35.6. The fourth-order valence-corrected chi connectivity index (χ4v) is 7.73. The quantitative estimate of drug-likeness (QED) is 0.124. The Morgan fingerprint density at radius 1 is 0.962 bits per heavy atom. The van der Waals surface area contributed by atoms with Crippen molar-refractivity contribution in [3.63, 3.8) is 0 Å². The minimum absolute atomic E-state index is 0.0154. The number of para-hydroxylation sites is 1. The van der Waals surface area contributed by atoms with Crippen molar-refractivity contribution in [2.24, 2.45) is 11.8 Å². The third-order valence-electron chi connectivity index (χ3n) is 10.8. The fourth-order valence-electron chi connectivity index (χ4n) is 7.73. The number of carboxylic acids is 1. The van der Waals surface area contributed by atoms with Crippen LogP contribution in [0.5, 0.6) is 5.88 Å². The lowest BCUT2D eigenvalue weighted by molar-refractivity contribution is -0.145. The van der Waals surface area contributed by atoms with Crippen molar-refractivity contribution in [2.45, 2.75) is 68.7 Å². The number of aliphatic carboxylic acids is 1. The van der Waals surface area contributed by atoms with Gasteiger partial charge in [0.05, 0.1) is 30.1 Å². The lowest BCUT2D eigenvalue weighted by atomic mass is 9.83. The number of hydrogen-bond acceptors (Lipinski definition) is 9. The van der Waals surface area contributed by atoms with Crippen molar-refractivity contribution in [1.29, 1.82) is 0 Å². The van der Waals surface area contributed by atoms with Gasteiger partial charge in [0.15, 0.2) is 5.82 Å². The number of carbonyl (C=O) groups excluding carboxylic acids is 3. The number of carbonyl (C=O) groups is 4. The van der Waals surface area contributed by atoms with E-state index in [9.17, 15) is 24.3 Å². The molecule has 1 saturated heterocycles. The van der Waals surface area contributed by atoms with E-state index in [0.717, 1.165) is 37.7 Å². The molecule has 0 spiro atoms. The van der Waals surface area contributed by atoms with E-state index in [1.54, 1.807) is 24.3 Å². The van der Waals surface area contributed by atoms with Gasteiger partial charge < -0.3 is 30.1 Å². The fraction of sp³-hybridized carbons (Fsp3) is 0.366. The molecule has 53 heavy (non-hydrogen) atoms. The van der Waals surface area contributed by atoms with Gasteiger partial charge in [-0.15, -0.1) is 6.58 Å². The summed E-state index contributed by atoms with van der Waals surface area (Å²) < 4.78 is 11.5. The van der Waals surface area contributed by atoms with Crippen LogP contribution in [0.1, 0.15) is 55.3 Å². The second kappa shape index (κ2) is 15.1. The van der Waals surface area contributed by atoms with E-state index in [0.29, 0.717) is 33.9 Å². The normalized spacial score (nSPS) is 23.1. The largest absolute Gasteiger partial charge is 0.479 e. The van der Waals surface area contributed by atoms with Crippen LogP contribution in [0.3, 0.4) is 0 Å². The third kappa shape index (κ3) is 7.31. The first-order chi connectivity index (χ1) is 25.7. The number of nitrogens with zero attached hydrogens (tertiary/aromatic N) is 3. The van der Waals surface area contributed by atoms with E-state index in [1.165, 1.54) is 18.1 Å². The molecule has 274 valence electrons. The number of ether oxygens (including phenoxy) is 2. The molecule has 4 aromatic rings. The van der Waals surface area contributed by atoms with Crippen LogP contribution in [0.2, 0.25) is 0 Å². The van der Waals surface area contributed by atoms with Crippen LogP contribution in [0.15, 0.2) is 91.5 Å². The molecule has 7 rings (SSSR count). The maximum absolute atomic E-state index is 14.9. The number of nitrogens with one attached hydrogen (secondary N) is 2. The molecule has 12 nitrogen and oxygen atoms in total. The van der Waals surface area contributed by atoms with Crippen molar-refractivity contribution in [2.75, 3.05) is 19.0 Å². The van der Waals surface area contributed by atoms with Gasteiger partial charge in [0.1, 0.15) is 23.7 Å². The van der Waals surface area contributed by atoms with Crippen LogP contribution >= 0.6 is 0 Å². The molecule has 2 amide bonds. The topological polar surface area (TPSA) is 160 Å². The minimum atomic E-state index is -1.47. The lowest BCUT2D eigenvalue weighted by Gasteiger charge is -2.35. The van der Waals surface area contributed by atoms with Gasteiger partial charge in [-0.3, -0.25) is 9.59 Å². The molecule has 1 unspecified atom stereocenters. The number of rotatable bonds is 12. The molecule has 0 radical (unpaired) electrons. The van der Waals surface area contributed by atoms with Crippen molar-refractivity contribution in [3.8, 4) is 17.3 Å². The summed E-state index contributed by atoms with van der Waals surface area (Å²) in [4.78, 5) is 64.6. The van der Waals surface area contributed by atoms with Gasteiger partial charge in [-0.25, -0.2) is 14.6 Å². The van der Waals surface area contributed by atoms with Crippen molar-refractivity contribution < 1.29 is 33.8 Å². The second-order valence-corrected chi connectivity index (χ2v) is 14.1. The second-order valence-electron chi connectivity index (χ2n) is 14.1. The van der Waals surface area contributed by atoms with Crippen molar-refractivity contribution in [1.82, 2.24) is 20.2 Å². The van der Waals surface area contributed by atoms with E-state index in [4.69, 9.17) is 19.4 Å². The van der Waals surface area contributed by atoms with Crippen LogP contribution in [-0.2, 0) is 19.1 Å². The first-order valence-electron chi connectivity index (χ1n) is 18.1. The number of aromatic nitrogens is 2. The summed E-state index contributed by atoms with van der Waals surface area (Å²) in [7, 11) is 1.32. The van der Waals surface area contributed by atoms with E-state index in [1.807, 2.05) is 54.6 Å². The number of hydrogen-bond donors (Lipinski definition) is 3. The van der Waals surface area contributed by atoms with E-state index in [2.05, 4.69) is 17.2 Å². The molecule has 1 aromatic heterocycles. The molecule has 5 atom stereocenters. The Labute approximate surface area is 307 Å². The van der Waals surface area contributed by atoms with E-state index in [-0.39, 0.29) is 31.2 Å². The van der Waals surface area contributed by atoms with Gasteiger partial charge in [-0.2, -0.15) is 4.98 Å². The smallest absolute Gasteiger partial charge is 0.337 e. The number of anilines is 1. The average Bonchev–Trinajstić information content (AvgIpc) is 3.76. The van der Waals surface area contributed by atoms with Gasteiger partial charge >= 0.3 is 11.9 Å². The predicted octanol–water partition coefficient (Wildman–Crippen LogP) is 5.64. The van der Waals surface area contributed by atoms with Gasteiger partial charge in [-0.05, 0) is 61.6 Å². The standard InChI is InChI=1S/C41H43N5O7/c1-3-28-23-41(28,40(50)51)45-36(47)33-22-30(53-37-31-16-10-11-17-32(31)43-35(44-37)26-14-8-5-9-15-26)24-46(33)38(48)34(25-12-6-4-7-13-25)42-29-20-18-27(19-21-29)39(49)52-2/h3,5,8-11,14-21,25,28,30,33-34,42H,1,4,6-7,12-13,22-24H2,2H3,(H,45,47)(H,50,51)/t28-,30+,33-,34-,41?/m0/s1. The molecule has 2 heterocycles. The monoisotopic (exact) mass is 717 g/mol. The Morgan fingerprint density at radius 2 is 1.68 bits per heavy atom. The van der Waals surface area contributed by atoms with Crippen LogP contribution in [0.25, 0.3) is 22.3 Å². The highest BCUT2D eigenvalue weighted by Gasteiger charge is 2.61.